The number of benzene rings is 2. The van der Waals surface area contributed by atoms with E-state index in [0.29, 0.717) is 37.3 Å². The maximum atomic E-state index is 12.6. The summed E-state index contributed by atoms with van der Waals surface area (Å²) in [6.45, 7) is 1.93. The van der Waals surface area contributed by atoms with Gasteiger partial charge < -0.3 is 20.9 Å². The third-order valence-electron chi connectivity index (χ3n) is 4.32. The smallest absolute Gasteiger partial charge is 0.321 e. The van der Waals surface area contributed by atoms with Crippen LogP contribution in [0.2, 0.25) is 0 Å². The minimum Gasteiger partial charge on any atom is -0.384 e. The monoisotopic (exact) mass is 351 g/mol. The Labute approximate surface area is 151 Å². The molecule has 26 heavy (non-hydrogen) atoms. The third kappa shape index (κ3) is 4.00. The van der Waals surface area contributed by atoms with Crippen molar-refractivity contribution >= 4 is 23.5 Å². The lowest BCUT2D eigenvalue weighted by Gasteiger charge is -2.34. The summed E-state index contributed by atoms with van der Waals surface area (Å²) in [5, 5.41) is 10.2. The van der Waals surface area contributed by atoms with Crippen LogP contribution in [0, 0.1) is 5.41 Å². The molecule has 0 unspecified atom stereocenters. The predicted octanol–water partition coefficient (Wildman–Crippen LogP) is 1.96. The molecule has 3 rings (SSSR count). The zero-order valence-corrected chi connectivity index (χ0v) is 14.3. The highest BCUT2D eigenvalue weighted by atomic mass is 16.2. The van der Waals surface area contributed by atoms with Crippen molar-refractivity contribution in [2.75, 3.05) is 31.5 Å². The number of piperazine rings is 1. The molecule has 7 heteroatoms. The van der Waals surface area contributed by atoms with Gasteiger partial charge in [-0.2, -0.15) is 0 Å². The molecule has 0 atom stereocenters. The van der Waals surface area contributed by atoms with Crippen LogP contribution in [0.5, 0.6) is 0 Å². The number of hydrogen-bond donors (Lipinski definition) is 3. The van der Waals surface area contributed by atoms with E-state index < -0.39 is 0 Å². The Hall–Kier alpha value is -3.35. The van der Waals surface area contributed by atoms with Crippen LogP contribution in [0.3, 0.4) is 0 Å². The van der Waals surface area contributed by atoms with Gasteiger partial charge >= 0.3 is 6.03 Å². The summed E-state index contributed by atoms with van der Waals surface area (Å²) in [6.07, 6.45) is 0. The van der Waals surface area contributed by atoms with Crippen LogP contribution in [0.1, 0.15) is 15.9 Å². The lowest BCUT2D eigenvalue weighted by Crippen LogP contribution is -2.51. The van der Waals surface area contributed by atoms with E-state index in [2.05, 4.69) is 5.32 Å². The summed E-state index contributed by atoms with van der Waals surface area (Å²) < 4.78 is 0. The molecule has 7 nitrogen and oxygen atoms in total. The number of carbonyl (C=O) groups is 2. The lowest BCUT2D eigenvalue weighted by atomic mass is 10.1. The van der Waals surface area contributed by atoms with Gasteiger partial charge in [0.25, 0.3) is 5.91 Å². The molecule has 0 bridgehead atoms. The number of anilines is 1. The van der Waals surface area contributed by atoms with Crippen LogP contribution in [-0.2, 0) is 0 Å². The average molecular weight is 351 g/mol. The van der Waals surface area contributed by atoms with Gasteiger partial charge in [0.15, 0.2) is 0 Å². The molecule has 0 aromatic heterocycles. The van der Waals surface area contributed by atoms with Gasteiger partial charge in [-0.25, -0.2) is 4.79 Å². The third-order valence-corrected chi connectivity index (χ3v) is 4.32. The first-order chi connectivity index (χ1) is 12.5. The van der Waals surface area contributed by atoms with E-state index >= 15 is 0 Å². The van der Waals surface area contributed by atoms with E-state index in [1.807, 2.05) is 30.3 Å². The molecule has 1 saturated heterocycles. The van der Waals surface area contributed by atoms with Crippen molar-refractivity contribution in [2.24, 2.45) is 5.73 Å². The number of para-hydroxylation sites is 1. The molecule has 1 fully saturated rings. The second-order valence-electron chi connectivity index (χ2n) is 6.07. The highest BCUT2D eigenvalue weighted by Crippen LogP contribution is 2.12. The fraction of sp³-hybridized carbons (Fsp3) is 0.211. The number of rotatable bonds is 3. The standard InChI is InChI=1S/C19H21N5O2/c20-17(21)14-6-8-15(9-7-14)18(25)23-10-12-24(13-11-23)19(26)22-16-4-2-1-3-5-16/h1-9H,10-13H2,(H3,20,21)(H,22,26). The minimum atomic E-state index is -0.158. The molecule has 1 heterocycles. The molecule has 134 valence electrons. The number of urea groups is 1. The zero-order chi connectivity index (χ0) is 18.5. The summed E-state index contributed by atoms with van der Waals surface area (Å²) in [5.74, 6) is -0.106. The molecule has 0 aliphatic carbocycles. The van der Waals surface area contributed by atoms with E-state index in [-0.39, 0.29) is 17.8 Å². The van der Waals surface area contributed by atoms with Crippen molar-refractivity contribution in [3.05, 3.63) is 65.7 Å². The molecule has 2 aromatic rings. The van der Waals surface area contributed by atoms with E-state index in [0.717, 1.165) is 5.69 Å². The maximum Gasteiger partial charge on any atom is 0.321 e. The van der Waals surface area contributed by atoms with E-state index in [1.54, 1.807) is 34.1 Å². The van der Waals surface area contributed by atoms with Gasteiger partial charge in [-0.15, -0.1) is 0 Å². The van der Waals surface area contributed by atoms with Gasteiger partial charge in [0.2, 0.25) is 0 Å². The lowest BCUT2D eigenvalue weighted by molar-refractivity contribution is 0.0671. The van der Waals surface area contributed by atoms with E-state index in [9.17, 15) is 9.59 Å². The number of amides is 3. The number of carbonyl (C=O) groups excluding carboxylic acids is 2. The Morgan fingerprint density at radius 3 is 1.96 bits per heavy atom. The fourth-order valence-corrected chi connectivity index (χ4v) is 2.81. The maximum absolute atomic E-state index is 12.6. The Morgan fingerprint density at radius 1 is 0.846 bits per heavy atom. The van der Waals surface area contributed by atoms with Crippen LogP contribution >= 0.6 is 0 Å². The van der Waals surface area contributed by atoms with Gasteiger partial charge in [0, 0.05) is 43.0 Å². The number of hydrogen-bond acceptors (Lipinski definition) is 3. The van der Waals surface area contributed by atoms with Gasteiger partial charge in [-0.1, -0.05) is 30.3 Å². The first kappa shape index (κ1) is 17.5. The Balaban J connectivity index is 1.55. The Kier molecular flexibility index (Phi) is 5.17. The molecule has 3 amide bonds. The summed E-state index contributed by atoms with van der Waals surface area (Å²) in [6, 6.07) is 15.8. The molecular weight excluding hydrogens is 330 g/mol. The van der Waals surface area contributed by atoms with Crippen molar-refractivity contribution < 1.29 is 9.59 Å². The largest absolute Gasteiger partial charge is 0.384 e. The topological polar surface area (TPSA) is 103 Å². The SMILES string of the molecule is N=C(N)c1ccc(C(=O)N2CCN(C(=O)Nc3ccccc3)CC2)cc1. The molecule has 0 radical (unpaired) electrons. The summed E-state index contributed by atoms with van der Waals surface area (Å²) >= 11 is 0. The van der Waals surface area contributed by atoms with Crippen LogP contribution < -0.4 is 11.1 Å². The Morgan fingerprint density at radius 2 is 1.38 bits per heavy atom. The average Bonchev–Trinajstić information content (AvgIpc) is 2.68. The number of nitrogen functional groups attached to an aromatic ring is 1. The van der Waals surface area contributed by atoms with Gasteiger partial charge in [-0.05, 0) is 24.3 Å². The molecule has 4 N–H and O–H groups in total. The number of nitrogens with one attached hydrogen (secondary N) is 2. The van der Waals surface area contributed by atoms with Crippen LogP contribution in [0.15, 0.2) is 54.6 Å². The quantitative estimate of drug-likeness (QED) is 0.582. The number of amidine groups is 1. The first-order valence-electron chi connectivity index (χ1n) is 8.39. The van der Waals surface area contributed by atoms with Crippen LogP contribution in [0.25, 0.3) is 0 Å². The summed E-state index contributed by atoms with van der Waals surface area (Å²) in [4.78, 5) is 28.3. The molecular formula is C19H21N5O2. The number of nitrogens with zero attached hydrogens (tertiary/aromatic N) is 2. The molecule has 1 aliphatic heterocycles. The summed E-state index contributed by atoms with van der Waals surface area (Å²) in [7, 11) is 0. The highest BCUT2D eigenvalue weighted by molar-refractivity contribution is 5.98. The number of nitrogens with two attached hydrogens (primary N) is 1. The fourth-order valence-electron chi connectivity index (χ4n) is 2.81. The van der Waals surface area contributed by atoms with Crippen molar-refractivity contribution in [3.8, 4) is 0 Å². The van der Waals surface area contributed by atoms with Gasteiger partial charge in [0.05, 0.1) is 0 Å². The zero-order valence-electron chi connectivity index (χ0n) is 14.3. The van der Waals surface area contributed by atoms with Crippen molar-refractivity contribution in [3.63, 3.8) is 0 Å². The van der Waals surface area contributed by atoms with Gasteiger partial charge in [-0.3, -0.25) is 10.2 Å². The summed E-state index contributed by atoms with van der Waals surface area (Å²) in [5.41, 5.74) is 7.32. The van der Waals surface area contributed by atoms with Gasteiger partial charge in [0.1, 0.15) is 5.84 Å². The predicted molar refractivity (Wildman–Crippen MR) is 100 cm³/mol. The van der Waals surface area contributed by atoms with E-state index in [4.69, 9.17) is 11.1 Å². The molecule has 0 spiro atoms. The van der Waals surface area contributed by atoms with Crippen molar-refractivity contribution in [2.45, 2.75) is 0 Å². The minimum absolute atomic E-state index is 0.0259. The molecule has 0 saturated carbocycles. The molecule has 2 aromatic carbocycles. The Bertz CT molecular complexity index is 796. The normalized spacial score (nSPS) is 14.0. The second kappa shape index (κ2) is 7.69. The highest BCUT2D eigenvalue weighted by Gasteiger charge is 2.24. The first-order valence-corrected chi connectivity index (χ1v) is 8.39. The van der Waals surface area contributed by atoms with Crippen molar-refractivity contribution in [1.82, 2.24) is 9.80 Å². The van der Waals surface area contributed by atoms with E-state index in [1.165, 1.54) is 0 Å². The molecule has 1 aliphatic rings. The van der Waals surface area contributed by atoms with Crippen LogP contribution in [0.4, 0.5) is 10.5 Å². The van der Waals surface area contributed by atoms with Crippen molar-refractivity contribution in [1.29, 1.82) is 5.41 Å². The second-order valence-corrected chi connectivity index (χ2v) is 6.07. The van der Waals surface area contributed by atoms with Crippen LogP contribution in [-0.4, -0.2) is 53.8 Å².